The number of rotatable bonds is 10. The van der Waals surface area contributed by atoms with Gasteiger partial charge in [-0.3, -0.25) is 19.9 Å². The van der Waals surface area contributed by atoms with Crippen LogP contribution in [0.3, 0.4) is 0 Å². The summed E-state index contributed by atoms with van der Waals surface area (Å²) in [6.07, 6.45) is 0.637. The van der Waals surface area contributed by atoms with Crippen molar-refractivity contribution in [1.82, 2.24) is 15.4 Å². The summed E-state index contributed by atoms with van der Waals surface area (Å²) in [4.78, 5) is 40.7. The Bertz CT molecular complexity index is 1290. The average Bonchev–Trinajstić information content (AvgIpc) is 2.86. The summed E-state index contributed by atoms with van der Waals surface area (Å²) in [5, 5.41) is 4.77. The number of hydrogen-bond donors (Lipinski definition) is 2. The summed E-state index contributed by atoms with van der Waals surface area (Å²) < 4.78 is 37.3. The molecule has 3 rings (SSSR count). The number of pyridine rings is 1. The Morgan fingerprint density at radius 1 is 1.14 bits per heavy atom. The molecule has 0 spiro atoms. The van der Waals surface area contributed by atoms with Crippen molar-refractivity contribution in [3.8, 4) is 0 Å². The number of hydrogen-bond acceptors (Lipinski definition) is 7. The fraction of sp³-hybridized carbons (Fsp3) is 0.280. The Morgan fingerprint density at radius 3 is 2.65 bits per heavy atom. The van der Waals surface area contributed by atoms with E-state index in [0.717, 1.165) is 0 Å². The Balaban J connectivity index is 1.69. The van der Waals surface area contributed by atoms with E-state index in [9.17, 15) is 23.2 Å². The lowest BCUT2D eigenvalue weighted by Gasteiger charge is -2.31. The molecule has 0 aliphatic carbocycles. The van der Waals surface area contributed by atoms with E-state index in [1.807, 2.05) is 0 Å². The molecule has 0 fully saturated rings. The van der Waals surface area contributed by atoms with Gasteiger partial charge in [-0.2, -0.15) is 0 Å². The highest BCUT2D eigenvalue weighted by atomic mass is 35.5. The van der Waals surface area contributed by atoms with E-state index in [0.29, 0.717) is 16.3 Å². The van der Waals surface area contributed by atoms with Crippen LogP contribution in [0, 0.1) is 11.6 Å². The molecular formula is C25H25ClF2N4O5. The van der Waals surface area contributed by atoms with E-state index < -0.39 is 35.6 Å². The largest absolute Gasteiger partial charge is 0.469 e. The molecule has 12 heteroatoms. The molecule has 0 aliphatic rings. The van der Waals surface area contributed by atoms with Gasteiger partial charge in [-0.05, 0) is 47.7 Å². The van der Waals surface area contributed by atoms with Crippen LogP contribution in [0.1, 0.15) is 25.3 Å². The van der Waals surface area contributed by atoms with Crippen molar-refractivity contribution in [3.63, 3.8) is 0 Å². The van der Waals surface area contributed by atoms with Crippen molar-refractivity contribution in [2.75, 3.05) is 19.0 Å². The third kappa shape index (κ3) is 7.83. The molecule has 0 unspecified atom stereocenters. The lowest BCUT2D eigenvalue weighted by atomic mass is 10.1. The number of fused-ring (bicyclic) bond motifs is 1. The number of ether oxygens (including phenoxy) is 2. The van der Waals surface area contributed by atoms with Crippen LogP contribution >= 0.6 is 11.6 Å². The molecule has 1 heterocycles. The standard InChI is InChI=1S/C25H25ClF2N4O5/c1-15(33)32(30-13-17-4-3-5-21(28)24(17)26)20(8-9-23(34)36-2)14-37-25(35)31-22-11-18-10-19(27)7-6-16(18)12-29-22/h3-7,10-12,20,30H,8-9,13-14H2,1-2H3,(H,29,31,35)/t20-/m0/s1. The zero-order valence-corrected chi connectivity index (χ0v) is 20.9. The van der Waals surface area contributed by atoms with Crippen LogP contribution in [-0.2, 0) is 25.6 Å². The summed E-state index contributed by atoms with van der Waals surface area (Å²) in [7, 11) is 1.23. The van der Waals surface area contributed by atoms with E-state index in [2.05, 4.69) is 20.5 Å². The molecule has 3 aromatic rings. The van der Waals surface area contributed by atoms with Crippen LogP contribution in [0.25, 0.3) is 10.8 Å². The first-order chi connectivity index (χ1) is 17.7. The van der Waals surface area contributed by atoms with E-state index in [1.54, 1.807) is 12.1 Å². The van der Waals surface area contributed by atoms with Crippen LogP contribution in [0.15, 0.2) is 48.7 Å². The van der Waals surface area contributed by atoms with Gasteiger partial charge in [-0.15, -0.1) is 0 Å². The zero-order valence-electron chi connectivity index (χ0n) is 20.1. The monoisotopic (exact) mass is 534 g/mol. The van der Waals surface area contributed by atoms with Crippen LogP contribution < -0.4 is 10.7 Å². The predicted octanol–water partition coefficient (Wildman–Crippen LogP) is 4.59. The molecule has 2 aromatic carbocycles. The van der Waals surface area contributed by atoms with Crippen LogP contribution in [0.5, 0.6) is 0 Å². The van der Waals surface area contributed by atoms with Gasteiger partial charge in [0, 0.05) is 31.5 Å². The smallest absolute Gasteiger partial charge is 0.412 e. The summed E-state index contributed by atoms with van der Waals surface area (Å²) >= 11 is 6.00. The van der Waals surface area contributed by atoms with Gasteiger partial charge in [0.1, 0.15) is 24.1 Å². The third-order valence-corrected chi connectivity index (χ3v) is 5.83. The topological polar surface area (TPSA) is 110 Å². The number of benzene rings is 2. The van der Waals surface area contributed by atoms with Gasteiger partial charge in [-0.25, -0.2) is 24.0 Å². The molecule has 0 saturated carbocycles. The minimum absolute atomic E-state index is 0.00529. The Labute approximate surface area is 216 Å². The van der Waals surface area contributed by atoms with Crippen LogP contribution in [0.2, 0.25) is 5.02 Å². The van der Waals surface area contributed by atoms with Gasteiger partial charge in [0.25, 0.3) is 0 Å². The molecule has 0 bridgehead atoms. The van der Waals surface area contributed by atoms with Crippen molar-refractivity contribution in [2.45, 2.75) is 32.4 Å². The molecule has 0 radical (unpaired) electrons. The number of carbonyl (C=O) groups is 3. The number of hydrazine groups is 1. The number of nitrogens with zero attached hydrogens (tertiary/aromatic N) is 2. The van der Waals surface area contributed by atoms with E-state index in [4.69, 9.17) is 16.3 Å². The van der Waals surface area contributed by atoms with E-state index >= 15 is 0 Å². The second-order valence-electron chi connectivity index (χ2n) is 7.99. The lowest BCUT2D eigenvalue weighted by molar-refractivity contribution is -0.143. The fourth-order valence-corrected chi connectivity index (χ4v) is 3.71. The first-order valence-electron chi connectivity index (χ1n) is 11.2. The molecule has 2 N–H and O–H groups in total. The normalized spacial score (nSPS) is 11.6. The van der Waals surface area contributed by atoms with Gasteiger partial charge in [0.05, 0.1) is 18.2 Å². The number of anilines is 1. The fourth-order valence-electron chi connectivity index (χ4n) is 3.52. The number of esters is 1. The molecule has 196 valence electrons. The van der Waals surface area contributed by atoms with Gasteiger partial charge < -0.3 is 9.47 Å². The molecule has 0 aliphatic heterocycles. The van der Waals surface area contributed by atoms with Crippen molar-refractivity contribution in [2.24, 2.45) is 0 Å². The van der Waals surface area contributed by atoms with Crippen LogP contribution in [-0.4, -0.2) is 47.7 Å². The van der Waals surface area contributed by atoms with Gasteiger partial charge in [-0.1, -0.05) is 23.7 Å². The average molecular weight is 535 g/mol. The summed E-state index contributed by atoms with van der Waals surface area (Å²) in [5.41, 5.74) is 3.27. The summed E-state index contributed by atoms with van der Waals surface area (Å²) in [5.74, 6) is -1.86. The number of nitrogens with one attached hydrogen (secondary N) is 2. The van der Waals surface area contributed by atoms with Crippen molar-refractivity contribution in [1.29, 1.82) is 0 Å². The molecular weight excluding hydrogens is 510 g/mol. The van der Waals surface area contributed by atoms with Gasteiger partial charge in [0.2, 0.25) is 5.91 Å². The minimum atomic E-state index is -0.872. The lowest BCUT2D eigenvalue weighted by Crippen LogP contribution is -2.50. The van der Waals surface area contributed by atoms with E-state index in [1.165, 1.54) is 55.6 Å². The molecule has 0 saturated heterocycles. The first-order valence-corrected chi connectivity index (χ1v) is 11.6. The summed E-state index contributed by atoms with van der Waals surface area (Å²) in [6.45, 7) is 0.979. The molecule has 1 aromatic heterocycles. The van der Waals surface area contributed by atoms with Crippen molar-refractivity contribution < 1.29 is 32.6 Å². The molecule has 2 amide bonds. The van der Waals surface area contributed by atoms with Crippen LogP contribution in [0.4, 0.5) is 19.4 Å². The van der Waals surface area contributed by atoms with Crippen molar-refractivity contribution in [3.05, 3.63) is 70.9 Å². The molecule has 1 atom stereocenters. The third-order valence-electron chi connectivity index (χ3n) is 5.41. The maximum Gasteiger partial charge on any atom is 0.412 e. The Morgan fingerprint density at radius 2 is 1.92 bits per heavy atom. The number of methoxy groups -OCH3 is 1. The van der Waals surface area contributed by atoms with Crippen molar-refractivity contribution >= 4 is 46.2 Å². The molecule has 9 nitrogen and oxygen atoms in total. The number of carbonyl (C=O) groups excluding carboxylic acids is 3. The Hall–Kier alpha value is -3.83. The number of halogens is 3. The highest BCUT2D eigenvalue weighted by molar-refractivity contribution is 6.31. The van der Waals surface area contributed by atoms with Gasteiger partial charge in [0.15, 0.2) is 0 Å². The molecule has 37 heavy (non-hydrogen) atoms. The minimum Gasteiger partial charge on any atom is -0.469 e. The number of amides is 2. The maximum atomic E-state index is 13.8. The second kappa shape index (κ2) is 12.9. The quantitative estimate of drug-likeness (QED) is 0.289. The predicted molar refractivity (Wildman–Crippen MR) is 132 cm³/mol. The SMILES string of the molecule is COC(=O)CC[C@@H](COC(=O)Nc1cc2cc(F)ccc2cn1)N(NCc1cccc(F)c1Cl)C(C)=O. The second-order valence-corrected chi connectivity index (χ2v) is 8.37. The Kier molecular flexibility index (Phi) is 9.70. The highest BCUT2D eigenvalue weighted by Crippen LogP contribution is 2.20. The van der Waals surface area contributed by atoms with E-state index in [-0.39, 0.29) is 36.8 Å². The first kappa shape index (κ1) is 27.8. The maximum absolute atomic E-state index is 13.8. The number of aromatic nitrogens is 1. The highest BCUT2D eigenvalue weighted by Gasteiger charge is 2.25. The zero-order chi connectivity index (χ0) is 26.9. The summed E-state index contributed by atoms with van der Waals surface area (Å²) in [6, 6.07) is 9.15. The van der Waals surface area contributed by atoms with Gasteiger partial charge >= 0.3 is 12.1 Å².